The molecule has 0 saturated carbocycles. The van der Waals surface area contributed by atoms with Crippen LogP contribution >= 0.6 is 11.3 Å². The fraction of sp³-hybridized carbons (Fsp3) is 0.238. The largest absolute Gasteiger partial charge is 0.484 e. The minimum absolute atomic E-state index is 0.0724. The molecular weight excluding hydrogens is 363 g/mol. The predicted octanol–water partition coefficient (Wildman–Crippen LogP) is 5.26. The number of thiazole rings is 1. The number of benzene rings is 2. The van der Waals surface area contributed by atoms with Gasteiger partial charge in [-0.05, 0) is 47.4 Å². The second-order valence-corrected chi connectivity index (χ2v) is 8.01. The number of rotatable bonds is 5. The van der Waals surface area contributed by atoms with Gasteiger partial charge in [0.05, 0.1) is 5.69 Å². The summed E-state index contributed by atoms with van der Waals surface area (Å²) in [7, 11) is 0. The first kappa shape index (κ1) is 19.0. The van der Waals surface area contributed by atoms with Gasteiger partial charge in [0.1, 0.15) is 11.6 Å². The number of nitrogens with zero attached hydrogens (tertiary/aromatic N) is 1. The van der Waals surface area contributed by atoms with Gasteiger partial charge in [0.25, 0.3) is 5.91 Å². The van der Waals surface area contributed by atoms with Gasteiger partial charge in [-0.2, -0.15) is 0 Å². The van der Waals surface area contributed by atoms with E-state index in [1.807, 2.05) is 29.6 Å². The van der Waals surface area contributed by atoms with Crippen LogP contribution in [0, 0.1) is 5.82 Å². The molecule has 1 heterocycles. The Bertz CT molecular complexity index is 913. The maximum atomic E-state index is 13.0. The summed E-state index contributed by atoms with van der Waals surface area (Å²) in [6.45, 7) is 6.33. The van der Waals surface area contributed by atoms with Gasteiger partial charge in [-0.15, -0.1) is 11.3 Å². The van der Waals surface area contributed by atoms with Gasteiger partial charge in [-0.3, -0.25) is 10.1 Å². The lowest BCUT2D eigenvalue weighted by Gasteiger charge is -2.19. The monoisotopic (exact) mass is 384 g/mol. The van der Waals surface area contributed by atoms with Crippen molar-refractivity contribution in [3.05, 3.63) is 65.3 Å². The molecule has 1 aromatic heterocycles. The van der Waals surface area contributed by atoms with Crippen LogP contribution in [0.15, 0.2) is 53.9 Å². The maximum absolute atomic E-state index is 13.0. The Hall–Kier alpha value is -2.73. The van der Waals surface area contributed by atoms with Gasteiger partial charge in [0.2, 0.25) is 0 Å². The van der Waals surface area contributed by atoms with Crippen LogP contribution in [0.4, 0.5) is 9.52 Å². The first-order valence-corrected chi connectivity index (χ1v) is 9.44. The Balaban J connectivity index is 1.54. The molecule has 3 rings (SSSR count). The lowest BCUT2D eigenvalue weighted by atomic mass is 9.87. The summed E-state index contributed by atoms with van der Waals surface area (Å²) >= 11 is 1.31. The van der Waals surface area contributed by atoms with E-state index in [1.54, 1.807) is 12.1 Å². The highest BCUT2D eigenvalue weighted by atomic mass is 32.1. The fourth-order valence-electron chi connectivity index (χ4n) is 2.44. The summed E-state index contributed by atoms with van der Waals surface area (Å²) < 4.78 is 18.5. The Morgan fingerprint density at radius 1 is 1.11 bits per heavy atom. The van der Waals surface area contributed by atoms with Crippen molar-refractivity contribution in [3.8, 4) is 17.0 Å². The second-order valence-electron chi connectivity index (χ2n) is 7.16. The standard InChI is InChI=1S/C21H21FN2O2S/c1-21(2,3)15-6-10-17(11-7-15)26-12-19(25)24-20-23-18(13-27-20)14-4-8-16(22)9-5-14/h4-11,13H,12H2,1-3H3,(H,23,24,25). The highest BCUT2D eigenvalue weighted by Crippen LogP contribution is 2.26. The first-order chi connectivity index (χ1) is 12.8. The molecule has 0 bridgehead atoms. The van der Waals surface area contributed by atoms with Crippen LogP contribution in [-0.2, 0) is 10.2 Å². The Labute approximate surface area is 162 Å². The van der Waals surface area contributed by atoms with Crippen molar-refractivity contribution in [2.45, 2.75) is 26.2 Å². The molecule has 1 N–H and O–H groups in total. The third-order valence-electron chi connectivity index (χ3n) is 3.98. The number of carbonyl (C=O) groups is 1. The first-order valence-electron chi connectivity index (χ1n) is 8.56. The third-order valence-corrected chi connectivity index (χ3v) is 4.74. The van der Waals surface area contributed by atoms with Crippen molar-refractivity contribution in [1.82, 2.24) is 4.98 Å². The van der Waals surface area contributed by atoms with Crippen molar-refractivity contribution >= 4 is 22.4 Å². The number of halogens is 1. The molecule has 0 aliphatic rings. The second kappa shape index (κ2) is 7.88. The molecule has 0 aliphatic heterocycles. The van der Waals surface area contributed by atoms with E-state index in [4.69, 9.17) is 4.74 Å². The zero-order valence-electron chi connectivity index (χ0n) is 15.5. The number of nitrogens with one attached hydrogen (secondary N) is 1. The van der Waals surface area contributed by atoms with E-state index in [0.717, 1.165) is 5.56 Å². The molecule has 3 aromatic rings. The normalized spacial score (nSPS) is 11.3. The van der Waals surface area contributed by atoms with Crippen LogP contribution in [0.1, 0.15) is 26.3 Å². The smallest absolute Gasteiger partial charge is 0.264 e. The molecule has 0 atom stereocenters. The number of amides is 1. The van der Waals surface area contributed by atoms with E-state index >= 15 is 0 Å². The summed E-state index contributed by atoms with van der Waals surface area (Å²) in [6.07, 6.45) is 0. The number of anilines is 1. The third kappa shape index (κ3) is 5.14. The zero-order valence-corrected chi connectivity index (χ0v) is 16.3. The summed E-state index contributed by atoms with van der Waals surface area (Å²) in [6, 6.07) is 13.8. The Morgan fingerprint density at radius 2 is 1.78 bits per heavy atom. The van der Waals surface area contributed by atoms with E-state index in [9.17, 15) is 9.18 Å². The van der Waals surface area contributed by atoms with Gasteiger partial charge in [0.15, 0.2) is 11.7 Å². The minimum atomic E-state index is -0.296. The molecular formula is C21H21FN2O2S. The van der Waals surface area contributed by atoms with Gasteiger partial charge in [-0.1, -0.05) is 32.9 Å². The molecule has 0 radical (unpaired) electrons. The van der Waals surface area contributed by atoms with E-state index in [-0.39, 0.29) is 23.7 Å². The summed E-state index contributed by atoms with van der Waals surface area (Å²) in [4.78, 5) is 16.4. The zero-order chi connectivity index (χ0) is 19.4. The molecule has 0 spiro atoms. The fourth-order valence-corrected chi connectivity index (χ4v) is 3.18. The number of aromatic nitrogens is 1. The molecule has 0 fully saturated rings. The predicted molar refractivity (Wildman–Crippen MR) is 107 cm³/mol. The molecule has 4 nitrogen and oxygen atoms in total. The topological polar surface area (TPSA) is 51.2 Å². The number of carbonyl (C=O) groups excluding carboxylic acids is 1. The Morgan fingerprint density at radius 3 is 2.41 bits per heavy atom. The molecule has 140 valence electrons. The van der Waals surface area contributed by atoms with Crippen molar-refractivity contribution in [2.24, 2.45) is 0 Å². The van der Waals surface area contributed by atoms with Crippen LogP contribution in [-0.4, -0.2) is 17.5 Å². The Kier molecular flexibility index (Phi) is 5.56. The van der Waals surface area contributed by atoms with Crippen molar-refractivity contribution in [3.63, 3.8) is 0 Å². The maximum Gasteiger partial charge on any atom is 0.264 e. The molecule has 2 aromatic carbocycles. The molecule has 1 amide bonds. The number of hydrogen-bond donors (Lipinski definition) is 1. The highest BCUT2D eigenvalue weighted by Gasteiger charge is 2.13. The average molecular weight is 384 g/mol. The minimum Gasteiger partial charge on any atom is -0.484 e. The van der Waals surface area contributed by atoms with E-state index in [2.05, 4.69) is 31.1 Å². The molecule has 27 heavy (non-hydrogen) atoms. The highest BCUT2D eigenvalue weighted by molar-refractivity contribution is 7.14. The van der Waals surface area contributed by atoms with Crippen LogP contribution < -0.4 is 10.1 Å². The van der Waals surface area contributed by atoms with Crippen LogP contribution in [0.25, 0.3) is 11.3 Å². The van der Waals surface area contributed by atoms with Gasteiger partial charge in [0, 0.05) is 10.9 Å². The van der Waals surface area contributed by atoms with Crippen molar-refractivity contribution in [1.29, 1.82) is 0 Å². The van der Waals surface area contributed by atoms with Crippen LogP contribution in [0.5, 0.6) is 5.75 Å². The van der Waals surface area contributed by atoms with Gasteiger partial charge in [-0.25, -0.2) is 9.37 Å². The summed E-state index contributed by atoms with van der Waals surface area (Å²) in [5.74, 6) is 0.0642. The molecule has 0 aliphatic carbocycles. The lowest BCUT2D eigenvalue weighted by Crippen LogP contribution is -2.20. The van der Waals surface area contributed by atoms with Gasteiger partial charge >= 0.3 is 0 Å². The number of ether oxygens (including phenoxy) is 1. The molecule has 0 unspecified atom stereocenters. The van der Waals surface area contributed by atoms with Crippen molar-refractivity contribution in [2.75, 3.05) is 11.9 Å². The average Bonchev–Trinajstić information content (AvgIpc) is 3.08. The van der Waals surface area contributed by atoms with Gasteiger partial charge < -0.3 is 4.74 Å². The van der Waals surface area contributed by atoms with E-state index < -0.39 is 0 Å². The SMILES string of the molecule is CC(C)(C)c1ccc(OCC(=O)Nc2nc(-c3ccc(F)cc3)cs2)cc1. The molecule has 0 saturated heterocycles. The summed E-state index contributed by atoms with van der Waals surface area (Å²) in [5.41, 5.74) is 2.76. The summed E-state index contributed by atoms with van der Waals surface area (Å²) in [5, 5.41) is 5.01. The quantitative estimate of drug-likeness (QED) is 0.652. The van der Waals surface area contributed by atoms with Crippen LogP contribution in [0.2, 0.25) is 0 Å². The van der Waals surface area contributed by atoms with E-state index in [0.29, 0.717) is 16.6 Å². The van der Waals surface area contributed by atoms with Crippen molar-refractivity contribution < 1.29 is 13.9 Å². The van der Waals surface area contributed by atoms with E-state index in [1.165, 1.54) is 29.0 Å². The lowest BCUT2D eigenvalue weighted by molar-refractivity contribution is -0.118. The number of hydrogen-bond acceptors (Lipinski definition) is 4. The molecule has 6 heteroatoms. The van der Waals surface area contributed by atoms with Crippen LogP contribution in [0.3, 0.4) is 0 Å².